The molecule has 18 heavy (non-hydrogen) atoms. The Kier molecular flexibility index (Phi) is 3.94. The van der Waals surface area contributed by atoms with Gasteiger partial charge in [-0.1, -0.05) is 12.3 Å². The predicted octanol–water partition coefficient (Wildman–Crippen LogP) is 0.281. The van der Waals surface area contributed by atoms with E-state index < -0.39 is 0 Å². The van der Waals surface area contributed by atoms with Gasteiger partial charge < -0.3 is 10.6 Å². The second-order valence-corrected chi connectivity index (χ2v) is 5.69. The SMILES string of the molecule is C#CCN1CCN(C(=O)C2(C)CCCC2N)CC1. The number of hydrogen-bond donors (Lipinski definition) is 1. The summed E-state index contributed by atoms with van der Waals surface area (Å²) in [7, 11) is 0. The fraction of sp³-hybridized carbons (Fsp3) is 0.786. The number of carbonyl (C=O) groups excluding carboxylic acids is 1. The standard InChI is InChI=1S/C14H23N3O/c1-3-7-16-8-10-17(11-9-16)13(18)14(2)6-4-5-12(14)15/h1,12H,4-11,15H2,2H3. The molecule has 0 aromatic rings. The lowest BCUT2D eigenvalue weighted by atomic mass is 9.83. The third-order valence-corrected chi connectivity index (χ3v) is 4.49. The molecule has 1 aliphatic carbocycles. The first kappa shape index (κ1) is 13.4. The molecule has 2 rings (SSSR count). The van der Waals surface area contributed by atoms with Gasteiger partial charge in [-0.15, -0.1) is 6.42 Å². The fourth-order valence-corrected chi connectivity index (χ4v) is 3.06. The lowest BCUT2D eigenvalue weighted by molar-refractivity contribution is -0.143. The Bertz CT molecular complexity index is 355. The van der Waals surface area contributed by atoms with Crippen molar-refractivity contribution in [1.82, 2.24) is 9.80 Å². The van der Waals surface area contributed by atoms with Crippen molar-refractivity contribution in [3.63, 3.8) is 0 Å². The number of rotatable bonds is 2. The molecular weight excluding hydrogens is 226 g/mol. The van der Waals surface area contributed by atoms with Crippen LogP contribution < -0.4 is 5.73 Å². The van der Waals surface area contributed by atoms with Gasteiger partial charge in [0.15, 0.2) is 0 Å². The average Bonchev–Trinajstić information content (AvgIpc) is 2.71. The van der Waals surface area contributed by atoms with Crippen LogP contribution in [0.5, 0.6) is 0 Å². The van der Waals surface area contributed by atoms with Gasteiger partial charge in [0.05, 0.1) is 12.0 Å². The summed E-state index contributed by atoms with van der Waals surface area (Å²) >= 11 is 0. The molecule has 100 valence electrons. The maximum atomic E-state index is 12.6. The number of terminal acetylenes is 1. The molecule has 1 aliphatic heterocycles. The third-order valence-electron chi connectivity index (χ3n) is 4.49. The number of nitrogens with two attached hydrogens (primary N) is 1. The first-order chi connectivity index (χ1) is 8.58. The van der Waals surface area contributed by atoms with Gasteiger partial charge in [-0.05, 0) is 19.8 Å². The van der Waals surface area contributed by atoms with Crippen molar-refractivity contribution < 1.29 is 4.79 Å². The maximum Gasteiger partial charge on any atom is 0.230 e. The van der Waals surface area contributed by atoms with Gasteiger partial charge in [0.25, 0.3) is 0 Å². The molecule has 0 bridgehead atoms. The molecule has 0 aromatic heterocycles. The van der Waals surface area contributed by atoms with Crippen molar-refractivity contribution in [3.05, 3.63) is 0 Å². The van der Waals surface area contributed by atoms with E-state index in [1.807, 2.05) is 11.8 Å². The minimum Gasteiger partial charge on any atom is -0.340 e. The molecular formula is C14H23N3O. The molecule has 0 radical (unpaired) electrons. The van der Waals surface area contributed by atoms with Crippen LogP contribution in [0.2, 0.25) is 0 Å². The summed E-state index contributed by atoms with van der Waals surface area (Å²) in [5, 5.41) is 0. The molecule has 1 amide bonds. The lowest BCUT2D eigenvalue weighted by Gasteiger charge is -2.39. The number of amides is 1. The van der Waals surface area contributed by atoms with Crippen molar-refractivity contribution in [2.45, 2.75) is 32.2 Å². The number of hydrogen-bond acceptors (Lipinski definition) is 3. The van der Waals surface area contributed by atoms with Crippen LogP contribution >= 0.6 is 0 Å². The summed E-state index contributed by atoms with van der Waals surface area (Å²) in [4.78, 5) is 16.8. The largest absolute Gasteiger partial charge is 0.340 e. The summed E-state index contributed by atoms with van der Waals surface area (Å²) in [5.74, 6) is 2.90. The van der Waals surface area contributed by atoms with E-state index in [1.54, 1.807) is 0 Å². The monoisotopic (exact) mass is 249 g/mol. The Morgan fingerprint density at radius 2 is 2.11 bits per heavy atom. The molecule has 4 nitrogen and oxygen atoms in total. The van der Waals surface area contributed by atoms with Crippen molar-refractivity contribution in [2.75, 3.05) is 32.7 Å². The van der Waals surface area contributed by atoms with Crippen molar-refractivity contribution in [3.8, 4) is 12.3 Å². The Hall–Kier alpha value is -1.05. The summed E-state index contributed by atoms with van der Waals surface area (Å²) in [6, 6.07) is 0.0220. The number of carbonyl (C=O) groups is 1. The van der Waals surface area contributed by atoms with Gasteiger partial charge in [-0.2, -0.15) is 0 Å². The van der Waals surface area contributed by atoms with E-state index in [4.69, 9.17) is 12.2 Å². The molecule has 2 unspecified atom stereocenters. The highest BCUT2D eigenvalue weighted by Gasteiger charge is 2.45. The first-order valence-electron chi connectivity index (χ1n) is 6.78. The van der Waals surface area contributed by atoms with E-state index in [-0.39, 0.29) is 17.4 Å². The summed E-state index contributed by atoms with van der Waals surface area (Å²) in [6.45, 7) is 6.02. The minimum atomic E-state index is -0.339. The molecule has 2 atom stereocenters. The van der Waals surface area contributed by atoms with E-state index in [2.05, 4.69) is 10.8 Å². The van der Waals surface area contributed by atoms with Crippen LogP contribution in [0.4, 0.5) is 0 Å². The lowest BCUT2D eigenvalue weighted by Crippen LogP contribution is -2.55. The van der Waals surface area contributed by atoms with Gasteiger partial charge in [-0.3, -0.25) is 9.69 Å². The molecule has 1 saturated heterocycles. The molecule has 2 N–H and O–H groups in total. The Morgan fingerprint density at radius 1 is 1.44 bits per heavy atom. The molecule has 4 heteroatoms. The van der Waals surface area contributed by atoms with Crippen molar-refractivity contribution >= 4 is 5.91 Å². The van der Waals surface area contributed by atoms with E-state index in [9.17, 15) is 4.79 Å². The normalized spacial score (nSPS) is 33.4. The van der Waals surface area contributed by atoms with Crippen LogP contribution in [0.1, 0.15) is 26.2 Å². The zero-order chi connectivity index (χ0) is 13.2. The number of nitrogens with zero attached hydrogens (tertiary/aromatic N) is 2. The minimum absolute atomic E-state index is 0.0220. The van der Waals surface area contributed by atoms with Gasteiger partial charge in [0, 0.05) is 32.2 Å². The van der Waals surface area contributed by atoms with Gasteiger partial charge in [0.2, 0.25) is 5.91 Å². The smallest absolute Gasteiger partial charge is 0.230 e. The van der Waals surface area contributed by atoms with Crippen LogP contribution in [0.25, 0.3) is 0 Å². The van der Waals surface area contributed by atoms with Crippen LogP contribution in [0, 0.1) is 17.8 Å². The fourth-order valence-electron chi connectivity index (χ4n) is 3.06. The molecule has 0 aromatic carbocycles. The highest BCUT2D eigenvalue weighted by molar-refractivity contribution is 5.83. The Morgan fingerprint density at radius 3 is 2.61 bits per heavy atom. The Labute approximate surface area is 109 Å². The van der Waals surface area contributed by atoms with Crippen LogP contribution in [-0.4, -0.2) is 54.5 Å². The molecule has 1 heterocycles. The number of piperazine rings is 1. The van der Waals surface area contributed by atoms with E-state index in [0.717, 1.165) is 45.4 Å². The molecule has 2 aliphatic rings. The van der Waals surface area contributed by atoms with Gasteiger partial charge in [-0.25, -0.2) is 0 Å². The van der Waals surface area contributed by atoms with E-state index in [0.29, 0.717) is 6.54 Å². The average molecular weight is 249 g/mol. The summed E-state index contributed by atoms with van der Waals surface area (Å²) in [6.07, 6.45) is 8.27. The zero-order valence-corrected chi connectivity index (χ0v) is 11.2. The van der Waals surface area contributed by atoms with Crippen LogP contribution in [0.15, 0.2) is 0 Å². The second-order valence-electron chi connectivity index (χ2n) is 5.69. The second kappa shape index (κ2) is 5.29. The maximum absolute atomic E-state index is 12.6. The first-order valence-corrected chi connectivity index (χ1v) is 6.78. The highest BCUT2D eigenvalue weighted by atomic mass is 16.2. The van der Waals surface area contributed by atoms with Crippen LogP contribution in [0.3, 0.4) is 0 Å². The van der Waals surface area contributed by atoms with E-state index in [1.165, 1.54) is 0 Å². The zero-order valence-electron chi connectivity index (χ0n) is 11.2. The topological polar surface area (TPSA) is 49.6 Å². The molecule has 2 fully saturated rings. The molecule has 0 spiro atoms. The Balaban J connectivity index is 1.94. The highest BCUT2D eigenvalue weighted by Crippen LogP contribution is 2.38. The summed E-state index contributed by atoms with van der Waals surface area (Å²) < 4.78 is 0. The van der Waals surface area contributed by atoms with Gasteiger partial charge >= 0.3 is 0 Å². The third kappa shape index (κ3) is 2.38. The van der Waals surface area contributed by atoms with Crippen LogP contribution in [-0.2, 0) is 4.79 Å². The van der Waals surface area contributed by atoms with Gasteiger partial charge in [0.1, 0.15) is 0 Å². The summed E-state index contributed by atoms with van der Waals surface area (Å²) in [5.41, 5.74) is 5.77. The predicted molar refractivity (Wildman–Crippen MR) is 71.8 cm³/mol. The molecule has 1 saturated carbocycles. The quantitative estimate of drug-likeness (QED) is 0.715. The van der Waals surface area contributed by atoms with E-state index >= 15 is 0 Å². The van der Waals surface area contributed by atoms with Crippen molar-refractivity contribution in [2.24, 2.45) is 11.1 Å². The van der Waals surface area contributed by atoms with Crippen molar-refractivity contribution in [1.29, 1.82) is 0 Å².